The average Bonchev–Trinajstić information content (AvgIpc) is 2.27. The molecule has 0 fully saturated rings. The molecule has 0 atom stereocenters. The largest absolute Gasteiger partial charge is 0.298 e. The number of halogens is 3. The van der Waals surface area contributed by atoms with Crippen LogP contribution in [0.5, 0.6) is 0 Å². The summed E-state index contributed by atoms with van der Waals surface area (Å²) >= 11 is 17.8. The Balaban J connectivity index is 2.66. The molecule has 0 saturated heterocycles. The molecule has 2 aromatic rings. The third-order valence-electron chi connectivity index (χ3n) is 2.32. The second kappa shape index (κ2) is 5.09. The zero-order chi connectivity index (χ0) is 12.4. The van der Waals surface area contributed by atoms with Crippen LogP contribution in [-0.4, -0.2) is 6.29 Å². The molecule has 0 unspecified atom stereocenters. The fourth-order valence-electron chi connectivity index (χ4n) is 1.59. The quantitative estimate of drug-likeness (QED) is 0.699. The molecule has 86 valence electrons. The van der Waals surface area contributed by atoms with Gasteiger partial charge in [-0.3, -0.25) is 4.79 Å². The van der Waals surface area contributed by atoms with Crippen molar-refractivity contribution in [3.63, 3.8) is 0 Å². The zero-order valence-electron chi connectivity index (χ0n) is 8.58. The van der Waals surface area contributed by atoms with Gasteiger partial charge in [0.1, 0.15) is 0 Å². The molecular formula is C13H7Cl3O. The Bertz CT molecular complexity index is 559. The molecule has 17 heavy (non-hydrogen) atoms. The first-order valence-electron chi connectivity index (χ1n) is 4.81. The van der Waals surface area contributed by atoms with Crippen LogP contribution in [-0.2, 0) is 0 Å². The van der Waals surface area contributed by atoms with Crippen LogP contribution in [0.2, 0.25) is 15.1 Å². The van der Waals surface area contributed by atoms with Crippen molar-refractivity contribution in [3.05, 3.63) is 57.0 Å². The van der Waals surface area contributed by atoms with E-state index in [-0.39, 0.29) is 0 Å². The standard InChI is InChI=1S/C13H7Cl3O/c14-10-2-1-8(7-17)13(6-10)9-3-11(15)5-12(16)4-9/h1-7H. The van der Waals surface area contributed by atoms with Crippen molar-refractivity contribution in [1.29, 1.82) is 0 Å². The van der Waals surface area contributed by atoms with Gasteiger partial charge in [-0.25, -0.2) is 0 Å². The summed E-state index contributed by atoms with van der Waals surface area (Å²) in [5.74, 6) is 0. The average molecular weight is 286 g/mol. The lowest BCUT2D eigenvalue weighted by Crippen LogP contribution is -1.87. The lowest BCUT2D eigenvalue weighted by atomic mass is 10.0. The summed E-state index contributed by atoms with van der Waals surface area (Å²) in [7, 11) is 0. The highest BCUT2D eigenvalue weighted by Gasteiger charge is 2.07. The summed E-state index contributed by atoms with van der Waals surface area (Å²) in [5, 5.41) is 1.59. The van der Waals surface area contributed by atoms with Crippen LogP contribution in [0, 0.1) is 0 Å². The van der Waals surface area contributed by atoms with Crippen molar-refractivity contribution >= 4 is 41.1 Å². The third kappa shape index (κ3) is 2.81. The number of benzene rings is 2. The van der Waals surface area contributed by atoms with E-state index >= 15 is 0 Å². The second-order valence-corrected chi connectivity index (χ2v) is 4.82. The van der Waals surface area contributed by atoms with Gasteiger partial charge in [0.2, 0.25) is 0 Å². The van der Waals surface area contributed by atoms with E-state index in [0.29, 0.717) is 20.6 Å². The molecule has 0 aliphatic carbocycles. The van der Waals surface area contributed by atoms with E-state index < -0.39 is 0 Å². The Morgan fingerprint density at radius 3 is 2.06 bits per heavy atom. The number of rotatable bonds is 2. The van der Waals surface area contributed by atoms with Gasteiger partial charge < -0.3 is 0 Å². The van der Waals surface area contributed by atoms with Gasteiger partial charge in [-0.15, -0.1) is 0 Å². The molecule has 0 saturated carbocycles. The normalized spacial score (nSPS) is 10.3. The molecule has 0 aromatic heterocycles. The molecule has 0 amide bonds. The predicted molar refractivity (Wildman–Crippen MR) is 72.3 cm³/mol. The minimum atomic E-state index is 0.518. The van der Waals surface area contributed by atoms with Crippen LogP contribution in [0.4, 0.5) is 0 Å². The molecule has 0 spiro atoms. The van der Waals surface area contributed by atoms with Crippen molar-refractivity contribution in [2.45, 2.75) is 0 Å². The van der Waals surface area contributed by atoms with Gasteiger partial charge in [0.05, 0.1) is 0 Å². The van der Waals surface area contributed by atoms with Crippen molar-refractivity contribution in [3.8, 4) is 11.1 Å². The van der Waals surface area contributed by atoms with Crippen molar-refractivity contribution in [2.75, 3.05) is 0 Å². The molecule has 4 heteroatoms. The van der Waals surface area contributed by atoms with Gasteiger partial charge in [0.25, 0.3) is 0 Å². The summed E-state index contributed by atoms with van der Waals surface area (Å²) in [5.41, 5.74) is 2.04. The molecule has 0 bridgehead atoms. The monoisotopic (exact) mass is 284 g/mol. The number of carbonyl (C=O) groups is 1. The maximum atomic E-state index is 11.0. The minimum Gasteiger partial charge on any atom is -0.298 e. The molecule has 1 nitrogen and oxygen atoms in total. The molecule has 0 aliphatic heterocycles. The number of hydrogen-bond acceptors (Lipinski definition) is 1. The topological polar surface area (TPSA) is 17.1 Å². The Morgan fingerprint density at radius 1 is 0.824 bits per heavy atom. The predicted octanol–water partition coefficient (Wildman–Crippen LogP) is 5.13. The molecule has 0 radical (unpaired) electrons. The Morgan fingerprint density at radius 2 is 1.47 bits per heavy atom. The fourth-order valence-corrected chi connectivity index (χ4v) is 2.29. The Labute approximate surface area is 114 Å². The summed E-state index contributed by atoms with van der Waals surface area (Å²) in [4.78, 5) is 11.0. The van der Waals surface area contributed by atoms with E-state index in [1.165, 1.54) is 0 Å². The van der Waals surface area contributed by atoms with Gasteiger partial charge >= 0.3 is 0 Å². The van der Waals surface area contributed by atoms with Crippen LogP contribution in [0.15, 0.2) is 36.4 Å². The van der Waals surface area contributed by atoms with Gasteiger partial charge in [-0.1, -0.05) is 34.8 Å². The summed E-state index contributed by atoms with van der Waals surface area (Å²) in [6.07, 6.45) is 0.778. The first-order chi connectivity index (χ1) is 8.10. The summed E-state index contributed by atoms with van der Waals surface area (Å²) in [6, 6.07) is 10.2. The van der Waals surface area contributed by atoms with Crippen LogP contribution < -0.4 is 0 Å². The lowest BCUT2D eigenvalue weighted by molar-refractivity contribution is 0.112. The number of carbonyl (C=O) groups excluding carboxylic acids is 1. The van der Waals surface area contributed by atoms with Crippen molar-refractivity contribution in [1.82, 2.24) is 0 Å². The highest BCUT2D eigenvalue weighted by molar-refractivity contribution is 6.35. The van der Waals surface area contributed by atoms with Crippen LogP contribution >= 0.6 is 34.8 Å². The van der Waals surface area contributed by atoms with Gasteiger partial charge in [0, 0.05) is 20.6 Å². The lowest BCUT2D eigenvalue weighted by Gasteiger charge is -2.07. The van der Waals surface area contributed by atoms with E-state index in [9.17, 15) is 4.79 Å². The van der Waals surface area contributed by atoms with E-state index in [1.54, 1.807) is 36.4 Å². The van der Waals surface area contributed by atoms with E-state index in [0.717, 1.165) is 17.4 Å². The molecule has 0 heterocycles. The Kier molecular flexibility index (Phi) is 3.72. The first kappa shape index (κ1) is 12.4. The zero-order valence-corrected chi connectivity index (χ0v) is 10.9. The molecular weight excluding hydrogens is 279 g/mol. The highest BCUT2D eigenvalue weighted by Crippen LogP contribution is 2.30. The second-order valence-electron chi connectivity index (χ2n) is 3.51. The molecule has 2 aromatic carbocycles. The van der Waals surface area contributed by atoms with Gasteiger partial charge in [0.15, 0.2) is 6.29 Å². The van der Waals surface area contributed by atoms with Gasteiger partial charge in [-0.2, -0.15) is 0 Å². The van der Waals surface area contributed by atoms with Crippen LogP contribution in [0.1, 0.15) is 10.4 Å². The maximum Gasteiger partial charge on any atom is 0.150 e. The number of aldehydes is 1. The molecule has 0 aliphatic rings. The Hall–Kier alpha value is -1.02. The first-order valence-corrected chi connectivity index (χ1v) is 5.95. The summed E-state index contributed by atoms with van der Waals surface area (Å²) in [6.45, 7) is 0. The molecule has 0 N–H and O–H groups in total. The van der Waals surface area contributed by atoms with Crippen LogP contribution in [0.3, 0.4) is 0 Å². The number of hydrogen-bond donors (Lipinski definition) is 0. The molecule has 2 rings (SSSR count). The van der Waals surface area contributed by atoms with E-state index in [2.05, 4.69) is 0 Å². The highest BCUT2D eigenvalue weighted by atomic mass is 35.5. The van der Waals surface area contributed by atoms with E-state index in [4.69, 9.17) is 34.8 Å². The van der Waals surface area contributed by atoms with Gasteiger partial charge in [-0.05, 0) is 47.5 Å². The maximum absolute atomic E-state index is 11.0. The third-order valence-corrected chi connectivity index (χ3v) is 2.99. The van der Waals surface area contributed by atoms with E-state index in [1.807, 2.05) is 0 Å². The fraction of sp³-hybridized carbons (Fsp3) is 0. The summed E-state index contributed by atoms with van der Waals surface area (Å²) < 4.78 is 0. The van der Waals surface area contributed by atoms with Crippen molar-refractivity contribution < 1.29 is 4.79 Å². The smallest absolute Gasteiger partial charge is 0.150 e. The SMILES string of the molecule is O=Cc1ccc(Cl)cc1-c1cc(Cl)cc(Cl)c1. The van der Waals surface area contributed by atoms with Crippen molar-refractivity contribution in [2.24, 2.45) is 0 Å². The van der Waals surface area contributed by atoms with Crippen LogP contribution in [0.25, 0.3) is 11.1 Å². The minimum absolute atomic E-state index is 0.518.